The zero-order valence-electron chi connectivity index (χ0n) is 18.8. The number of aromatic nitrogens is 2. The molecule has 0 radical (unpaired) electrons. The summed E-state index contributed by atoms with van der Waals surface area (Å²) in [5.74, 6) is 0.599. The molecule has 1 N–H and O–H groups in total. The molecule has 6 nitrogen and oxygen atoms in total. The molecule has 1 unspecified atom stereocenters. The third kappa shape index (κ3) is 3.77. The van der Waals surface area contributed by atoms with Crippen molar-refractivity contribution in [3.63, 3.8) is 0 Å². The van der Waals surface area contributed by atoms with Gasteiger partial charge in [0.1, 0.15) is 17.0 Å². The number of rotatable bonds is 4. The lowest BCUT2D eigenvalue weighted by Gasteiger charge is -2.35. The molecule has 172 valence electrons. The first-order chi connectivity index (χ1) is 16.3. The second kappa shape index (κ2) is 8.53. The first kappa shape index (κ1) is 22.6. The van der Waals surface area contributed by atoms with Crippen LogP contribution in [0.3, 0.4) is 0 Å². The van der Waals surface area contributed by atoms with Gasteiger partial charge in [0.2, 0.25) is 0 Å². The van der Waals surface area contributed by atoms with E-state index < -0.39 is 7.44 Å². The second-order valence-corrected chi connectivity index (χ2v) is 11.4. The van der Waals surface area contributed by atoms with Gasteiger partial charge in [0.25, 0.3) is 7.44 Å². The largest absolute Gasteiger partial charge is 0.316 e. The van der Waals surface area contributed by atoms with E-state index in [4.69, 9.17) is 10.1 Å². The lowest BCUT2D eigenvalue weighted by Crippen LogP contribution is -2.36. The Morgan fingerprint density at radius 3 is 2.38 bits per heavy atom. The normalized spacial score (nSPS) is 17.3. The molecule has 5 rings (SSSR count). The molecule has 0 fully saturated rings. The zero-order valence-corrected chi connectivity index (χ0v) is 21.3. The fourth-order valence-corrected chi connectivity index (χ4v) is 7.18. The van der Waals surface area contributed by atoms with E-state index >= 15 is 0 Å². The van der Waals surface area contributed by atoms with Crippen LogP contribution < -0.4 is 10.4 Å². The Morgan fingerprint density at radius 2 is 1.71 bits per heavy atom. The SMILES string of the molecule is Cc1ccc(NP2(=O)c3c(C)nn(-c4ccccc4)c3N=C(c3ccc(F)cc3)N2C)c(Br)c1. The van der Waals surface area contributed by atoms with Gasteiger partial charge in [-0.1, -0.05) is 24.3 Å². The Kier molecular flexibility index (Phi) is 5.66. The zero-order chi connectivity index (χ0) is 24.0. The first-order valence-electron chi connectivity index (χ1n) is 10.7. The highest BCUT2D eigenvalue weighted by Crippen LogP contribution is 2.54. The molecule has 0 saturated heterocycles. The van der Waals surface area contributed by atoms with E-state index in [1.54, 1.807) is 28.5 Å². The molecule has 0 bridgehead atoms. The van der Waals surface area contributed by atoms with Crippen molar-refractivity contribution < 1.29 is 8.96 Å². The molecule has 34 heavy (non-hydrogen) atoms. The quantitative estimate of drug-likeness (QED) is 0.308. The van der Waals surface area contributed by atoms with Gasteiger partial charge in [-0.3, -0.25) is 9.24 Å². The maximum absolute atomic E-state index is 14.9. The van der Waals surface area contributed by atoms with Crippen molar-refractivity contribution in [3.8, 4) is 5.69 Å². The Balaban J connectivity index is 1.75. The number of benzene rings is 3. The molecule has 1 aliphatic heterocycles. The maximum Gasteiger partial charge on any atom is 0.296 e. The summed E-state index contributed by atoms with van der Waals surface area (Å²) in [5, 5.41) is 8.55. The van der Waals surface area contributed by atoms with Crippen LogP contribution >= 0.6 is 23.4 Å². The number of nitrogens with zero attached hydrogens (tertiary/aromatic N) is 4. The molecule has 3 aromatic carbocycles. The molecule has 2 heterocycles. The standard InChI is InChI=1S/C25H22BrFN5OP/c1-16-9-14-22(21(26)15-16)30-34(33)23-17(2)29-32(20-7-5-4-6-8-20)25(23)28-24(31(34)3)18-10-12-19(27)13-11-18/h4-15H,1-3H3,(H,30,33). The molecular weight excluding hydrogens is 516 g/mol. The molecule has 0 saturated carbocycles. The first-order valence-corrected chi connectivity index (χ1v) is 13.1. The molecule has 9 heteroatoms. The topological polar surface area (TPSA) is 62.5 Å². The van der Waals surface area contributed by atoms with Crippen LogP contribution in [0.2, 0.25) is 0 Å². The second-order valence-electron chi connectivity index (χ2n) is 8.14. The molecule has 4 aromatic rings. The van der Waals surface area contributed by atoms with Crippen molar-refractivity contribution in [3.05, 3.63) is 99.9 Å². The Bertz CT molecular complexity index is 1470. The minimum absolute atomic E-state index is 0.349. The van der Waals surface area contributed by atoms with Crippen LogP contribution in [0.4, 0.5) is 15.9 Å². The lowest BCUT2D eigenvalue weighted by molar-refractivity contribution is 0.553. The van der Waals surface area contributed by atoms with E-state index in [-0.39, 0.29) is 5.82 Å². The smallest absolute Gasteiger partial charge is 0.296 e. The van der Waals surface area contributed by atoms with Crippen molar-refractivity contribution >= 4 is 46.0 Å². The summed E-state index contributed by atoms with van der Waals surface area (Å²) in [6, 6.07) is 21.4. The van der Waals surface area contributed by atoms with Crippen molar-refractivity contribution in [2.75, 3.05) is 12.1 Å². The van der Waals surface area contributed by atoms with Crippen LogP contribution in [-0.2, 0) is 4.57 Å². The molecule has 0 aliphatic carbocycles. The number of aryl methyl sites for hydroxylation is 2. The molecular formula is C25H22BrFN5OP. The summed E-state index contributed by atoms with van der Waals surface area (Å²) < 4.78 is 32.7. The number of amidine groups is 1. The van der Waals surface area contributed by atoms with E-state index in [1.165, 1.54) is 12.1 Å². The van der Waals surface area contributed by atoms with Gasteiger partial charge in [0, 0.05) is 17.1 Å². The van der Waals surface area contributed by atoms with Crippen LogP contribution in [0.15, 0.2) is 82.3 Å². The van der Waals surface area contributed by atoms with Gasteiger partial charge in [-0.05, 0) is 83.9 Å². The van der Waals surface area contributed by atoms with Crippen LogP contribution in [0.25, 0.3) is 5.69 Å². The Labute approximate surface area is 205 Å². The number of hydrogen-bond acceptors (Lipinski definition) is 3. The number of nitrogens with one attached hydrogen (secondary N) is 1. The van der Waals surface area contributed by atoms with E-state index in [9.17, 15) is 8.96 Å². The predicted molar refractivity (Wildman–Crippen MR) is 138 cm³/mol. The van der Waals surface area contributed by atoms with Crippen LogP contribution in [-0.4, -0.2) is 27.3 Å². The minimum Gasteiger partial charge on any atom is -0.316 e. The highest BCUT2D eigenvalue weighted by atomic mass is 79.9. The van der Waals surface area contributed by atoms with E-state index in [2.05, 4.69) is 21.0 Å². The van der Waals surface area contributed by atoms with E-state index in [1.807, 2.05) is 62.4 Å². The van der Waals surface area contributed by atoms with Crippen LogP contribution in [0, 0.1) is 19.7 Å². The van der Waals surface area contributed by atoms with E-state index in [0.717, 1.165) is 15.7 Å². The highest BCUT2D eigenvalue weighted by Gasteiger charge is 2.43. The third-order valence-electron chi connectivity index (χ3n) is 5.75. The molecule has 1 atom stereocenters. The van der Waals surface area contributed by atoms with Gasteiger partial charge in [0.15, 0.2) is 5.82 Å². The van der Waals surface area contributed by atoms with Crippen molar-refractivity contribution in [1.29, 1.82) is 0 Å². The molecule has 0 amide bonds. The fraction of sp³-hybridized carbons (Fsp3) is 0.120. The maximum atomic E-state index is 14.9. The monoisotopic (exact) mass is 537 g/mol. The van der Waals surface area contributed by atoms with E-state index in [0.29, 0.717) is 33.9 Å². The molecule has 1 aliphatic rings. The summed E-state index contributed by atoms with van der Waals surface area (Å²) in [4.78, 5) is 4.89. The Hall–Kier alpha value is -3.22. The van der Waals surface area contributed by atoms with Gasteiger partial charge in [-0.2, -0.15) is 5.10 Å². The molecule has 0 spiro atoms. The third-order valence-corrected chi connectivity index (χ3v) is 9.11. The number of halogens is 2. The summed E-state index contributed by atoms with van der Waals surface area (Å²) in [7, 11) is -1.75. The van der Waals surface area contributed by atoms with Gasteiger partial charge in [-0.25, -0.2) is 14.1 Å². The average molecular weight is 538 g/mol. The van der Waals surface area contributed by atoms with Crippen molar-refractivity contribution in [1.82, 2.24) is 14.5 Å². The van der Waals surface area contributed by atoms with Crippen LogP contribution in [0.1, 0.15) is 16.8 Å². The predicted octanol–water partition coefficient (Wildman–Crippen LogP) is 6.34. The van der Waals surface area contributed by atoms with Gasteiger partial charge >= 0.3 is 0 Å². The number of hydrogen-bond donors (Lipinski definition) is 1. The summed E-state index contributed by atoms with van der Waals surface area (Å²) in [6.07, 6.45) is 0. The lowest BCUT2D eigenvalue weighted by atomic mass is 10.2. The number of anilines is 1. The number of fused-ring (bicyclic) bond motifs is 1. The summed E-state index contributed by atoms with van der Waals surface area (Å²) >= 11 is 3.59. The van der Waals surface area contributed by atoms with Crippen molar-refractivity contribution in [2.45, 2.75) is 13.8 Å². The van der Waals surface area contributed by atoms with Gasteiger partial charge in [-0.15, -0.1) is 0 Å². The average Bonchev–Trinajstić information content (AvgIpc) is 3.16. The number of aliphatic imine (C=N–C) groups is 1. The summed E-state index contributed by atoms with van der Waals surface area (Å²) in [5.41, 5.74) is 3.85. The van der Waals surface area contributed by atoms with Crippen molar-refractivity contribution in [2.24, 2.45) is 4.99 Å². The van der Waals surface area contributed by atoms with Gasteiger partial charge < -0.3 is 5.09 Å². The van der Waals surface area contributed by atoms with Gasteiger partial charge in [0.05, 0.1) is 17.1 Å². The summed E-state index contributed by atoms with van der Waals surface area (Å²) in [6.45, 7) is 3.83. The molecule has 1 aromatic heterocycles. The fourth-order valence-electron chi connectivity index (χ4n) is 4.02. The Morgan fingerprint density at radius 1 is 1.00 bits per heavy atom. The van der Waals surface area contributed by atoms with Crippen LogP contribution in [0.5, 0.6) is 0 Å². The minimum atomic E-state index is -3.48. The number of para-hydroxylation sites is 1. The highest BCUT2D eigenvalue weighted by molar-refractivity contribution is 9.10.